The van der Waals surface area contributed by atoms with Crippen LogP contribution >= 0.6 is 0 Å². The van der Waals surface area contributed by atoms with Gasteiger partial charge in [-0.2, -0.15) is 0 Å². The summed E-state index contributed by atoms with van der Waals surface area (Å²) < 4.78 is 1.77. The highest BCUT2D eigenvalue weighted by Gasteiger charge is 2.12. The van der Waals surface area contributed by atoms with Crippen LogP contribution in [0.4, 0.5) is 0 Å². The van der Waals surface area contributed by atoms with Crippen molar-refractivity contribution in [2.45, 2.75) is 20.8 Å². The number of hydrogen-bond acceptors (Lipinski definition) is 4. The number of benzene rings is 1. The highest BCUT2D eigenvalue weighted by atomic mass is 16.6. The Morgan fingerprint density at radius 3 is 2.70 bits per heavy atom. The van der Waals surface area contributed by atoms with Gasteiger partial charge in [0.05, 0.1) is 11.4 Å². The van der Waals surface area contributed by atoms with E-state index < -0.39 is 0 Å². The lowest BCUT2D eigenvalue weighted by atomic mass is 10.2. The monoisotopic (exact) mass is 268 g/mol. The first kappa shape index (κ1) is 13.8. The predicted octanol–water partition coefficient (Wildman–Crippen LogP) is 2.26. The van der Waals surface area contributed by atoms with Gasteiger partial charge in [-0.1, -0.05) is 34.0 Å². The fourth-order valence-electron chi connectivity index (χ4n) is 1.80. The highest BCUT2D eigenvalue weighted by molar-refractivity contribution is 5.97. The van der Waals surface area contributed by atoms with E-state index in [-0.39, 0.29) is 6.61 Å². The molecule has 0 aliphatic heterocycles. The standard InChI is InChI=1S/C15H16N4O/c1-5-10-20-17-12(3)15-13(4)19(18-16-15)14-8-6-11(2)7-9-14/h1,6-9H,10H2,2-4H3. The zero-order valence-electron chi connectivity index (χ0n) is 11.8. The fourth-order valence-corrected chi connectivity index (χ4v) is 1.80. The minimum absolute atomic E-state index is 0.141. The van der Waals surface area contributed by atoms with Crippen LogP contribution in [-0.2, 0) is 4.84 Å². The van der Waals surface area contributed by atoms with Crippen molar-refractivity contribution in [3.05, 3.63) is 41.2 Å². The Labute approximate surface area is 118 Å². The normalized spacial score (nSPS) is 11.2. The van der Waals surface area contributed by atoms with E-state index in [9.17, 15) is 0 Å². The Bertz CT molecular complexity index is 662. The van der Waals surface area contributed by atoms with E-state index in [1.165, 1.54) is 5.56 Å². The third kappa shape index (κ3) is 2.86. The van der Waals surface area contributed by atoms with Crippen LogP contribution in [0, 0.1) is 26.2 Å². The van der Waals surface area contributed by atoms with Gasteiger partial charge < -0.3 is 4.84 Å². The quantitative estimate of drug-likeness (QED) is 0.370. The van der Waals surface area contributed by atoms with Crippen LogP contribution in [0.1, 0.15) is 23.9 Å². The summed E-state index contributed by atoms with van der Waals surface area (Å²) in [6, 6.07) is 8.07. The number of aromatic nitrogens is 3. The zero-order valence-corrected chi connectivity index (χ0v) is 11.8. The summed E-state index contributed by atoms with van der Waals surface area (Å²) in [5.41, 5.74) is 4.41. The summed E-state index contributed by atoms with van der Waals surface area (Å²) in [5, 5.41) is 12.2. The molecule has 0 bridgehead atoms. The van der Waals surface area contributed by atoms with Crippen LogP contribution in [0.2, 0.25) is 0 Å². The minimum atomic E-state index is 0.141. The first-order valence-corrected chi connectivity index (χ1v) is 6.23. The molecule has 0 aliphatic rings. The molecule has 102 valence electrons. The van der Waals surface area contributed by atoms with Crippen LogP contribution < -0.4 is 0 Å². The molecule has 0 radical (unpaired) electrons. The second kappa shape index (κ2) is 6.02. The molecule has 1 heterocycles. The summed E-state index contributed by atoms with van der Waals surface area (Å²) in [4.78, 5) is 4.96. The largest absolute Gasteiger partial charge is 0.382 e. The van der Waals surface area contributed by atoms with Crippen molar-refractivity contribution < 1.29 is 4.84 Å². The molecular formula is C15H16N4O. The first-order valence-electron chi connectivity index (χ1n) is 6.23. The minimum Gasteiger partial charge on any atom is -0.382 e. The van der Waals surface area contributed by atoms with Crippen LogP contribution in [0.25, 0.3) is 5.69 Å². The van der Waals surface area contributed by atoms with Crippen molar-refractivity contribution in [1.82, 2.24) is 15.0 Å². The molecule has 0 N–H and O–H groups in total. The molecule has 0 aliphatic carbocycles. The van der Waals surface area contributed by atoms with Gasteiger partial charge in [-0.3, -0.25) is 0 Å². The van der Waals surface area contributed by atoms with E-state index in [2.05, 4.69) is 21.4 Å². The Hall–Kier alpha value is -2.61. The molecule has 0 spiro atoms. The Morgan fingerprint density at radius 1 is 1.35 bits per heavy atom. The van der Waals surface area contributed by atoms with Crippen molar-refractivity contribution in [2.75, 3.05) is 6.61 Å². The van der Waals surface area contributed by atoms with Crippen LogP contribution in [0.5, 0.6) is 0 Å². The van der Waals surface area contributed by atoms with Crippen LogP contribution in [-0.4, -0.2) is 27.3 Å². The first-order chi connectivity index (χ1) is 9.63. The molecule has 20 heavy (non-hydrogen) atoms. The van der Waals surface area contributed by atoms with Crippen molar-refractivity contribution in [2.24, 2.45) is 5.16 Å². The number of rotatable bonds is 4. The maximum Gasteiger partial charge on any atom is 0.177 e. The van der Waals surface area contributed by atoms with Crippen LogP contribution in [0.3, 0.4) is 0 Å². The van der Waals surface area contributed by atoms with E-state index in [4.69, 9.17) is 11.3 Å². The topological polar surface area (TPSA) is 52.3 Å². The summed E-state index contributed by atoms with van der Waals surface area (Å²) in [5.74, 6) is 2.35. The molecule has 0 amide bonds. The molecule has 1 aromatic heterocycles. The number of nitrogens with zero attached hydrogens (tertiary/aromatic N) is 4. The second-order valence-electron chi connectivity index (χ2n) is 4.43. The lowest BCUT2D eigenvalue weighted by Gasteiger charge is -2.04. The molecule has 0 saturated heterocycles. The molecule has 0 atom stereocenters. The molecular weight excluding hydrogens is 252 g/mol. The Kier molecular flexibility index (Phi) is 4.16. The van der Waals surface area contributed by atoms with E-state index in [0.29, 0.717) is 11.4 Å². The van der Waals surface area contributed by atoms with Crippen LogP contribution in [0.15, 0.2) is 29.4 Å². The van der Waals surface area contributed by atoms with E-state index in [0.717, 1.165) is 11.4 Å². The lowest BCUT2D eigenvalue weighted by molar-refractivity contribution is 0.180. The van der Waals surface area contributed by atoms with Crippen molar-refractivity contribution >= 4 is 5.71 Å². The summed E-state index contributed by atoms with van der Waals surface area (Å²) >= 11 is 0. The maximum atomic E-state index is 5.10. The van der Waals surface area contributed by atoms with E-state index >= 15 is 0 Å². The molecule has 0 saturated carbocycles. The van der Waals surface area contributed by atoms with Gasteiger partial charge in [0, 0.05) is 0 Å². The molecule has 5 nitrogen and oxygen atoms in total. The number of aryl methyl sites for hydroxylation is 1. The number of oxime groups is 1. The van der Waals surface area contributed by atoms with Crippen molar-refractivity contribution in [1.29, 1.82) is 0 Å². The van der Waals surface area contributed by atoms with E-state index in [1.807, 2.05) is 45.0 Å². The number of hydrogen-bond donors (Lipinski definition) is 0. The van der Waals surface area contributed by atoms with Gasteiger partial charge in [0.25, 0.3) is 0 Å². The van der Waals surface area contributed by atoms with Gasteiger partial charge in [-0.25, -0.2) is 4.68 Å². The smallest absolute Gasteiger partial charge is 0.177 e. The lowest BCUT2D eigenvalue weighted by Crippen LogP contribution is -2.02. The summed E-state index contributed by atoms with van der Waals surface area (Å²) in [6.45, 7) is 5.94. The SMILES string of the molecule is C#CCON=C(C)c1nnn(-c2ccc(C)cc2)c1C. The van der Waals surface area contributed by atoms with Gasteiger partial charge in [-0.15, -0.1) is 11.5 Å². The predicted molar refractivity (Wildman–Crippen MR) is 77.8 cm³/mol. The fraction of sp³-hybridized carbons (Fsp3) is 0.267. The molecule has 0 unspecified atom stereocenters. The molecule has 5 heteroatoms. The van der Waals surface area contributed by atoms with Crippen molar-refractivity contribution in [3.63, 3.8) is 0 Å². The molecule has 1 aromatic carbocycles. The molecule has 2 rings (SSSR count). The average molecular weight is 268 g/mol. The molecule has 0 fully saturated rings. The third-order valence-electron chi connectivity index (χ3n) is 2.87. The van der Waals surface area contributed by atoms with Gasteiger partial charge in [0.15, 0.2) is 6.61 Å². The second-order valence-corrected chi connectivity index (χ2v) is 4.43. The van der Waals surface area contributed by atoms with Gasteiger partial charge in [0.2, 0.25) is 0 Å². The Balaban J connectivity index is 2.29. The van der Waals surface area contributed by atoms with E-state index in [1.54, 1.807) is 4.68 Å². The van der Waals surface area contributed by atoms with Gasteiger partial charge in [-0.05, 0) is 32.9 Å². The number of terminal acetylenes is 1. The summed E-state index contributed by atoms with van der Waals surface area (Å²) in [7, 11) is 0. The highest BCUT2D eigenvalue weighted by Crippen LogP contribution is 2.13. The zero-order chi connectivity index (χ0) is 14.5. The van der Waals surface area contributed by atoms with Crippen molar-refractivity contribution in [3.8, 4) is 18.0 Å². The molecule has 2 aromatic rings. The Morgan fingerprint density at radius 2 is 2.05 bits per heavy atom. The average Bonchev–Trinajstić information content (AvgIpc) is 2.82. The maximum absolute atomic E-state index is 5.10. The summed E-state index contributed by atoms with van der Waals surface area (Å²) in [6.07, 6.45) is 5.10. The third-order valence-corrected chi connectivity index (χ3v) is 2.87. The van der Waals surface area contributed by atoms with Gasteiger partial charge >= 0.3 is 0 Å². The van der Waals surface area contributed by atoms with Gasteiger partial charge in [0.1, 0.15) is 11.4 Å².